The van der Waals surface area contributed by atoms with Gasteiger partial charge in [0.05, 0.1) is 13.2 Å². The second-order valence-corrected chi connectivity index (χ2v) is 6.50. The lowest BCUT2D eigenvalue weighted by Gasteiger charge is -2.38. The highest BCUT2D eigenvalue weighted by Gasteiger charge is 2.32. The quantitative estimate of drug-likeness (QED) is 0.835. The van der Waals surface area contributed by atoms with Crippen LogP contribution in [0.1, 0.15) is 48.8 Å². The maximum atomic E-state index is 13.1. The Morgan fingerprint density at radius 1 is 1.22 bits per heavy atom. The molecule has 1 N–H and O–H groups in total. The summed E-state index contributed by atoms with van der Waals surface area (Å²) < 4.78 is 18.3. The Morgan fingerprint density at radius 2 is 1.96 bits per heavy atom. The van der Waals surface area contributed by atoms with Crippen LogP contribution in [-0.4, -0.2) is 30.6 Å². The first kappa shape index (κ1) is 20.6. The number of carbonyl (C=O) groups excluding carboxylic acids is 1. The summed E-state index contributed by atoms with van der Waals surface area (Å²) in [5.41, 5.74) is 1.79. The molecule has 5 heteroatoms. The van der Waals surface area contributed by atoms with Gasteiger partial charge in [0.1, 0.15) is 11.5 Å². The Kier molecular flexibility index (Phi) is 7.51. The molecule has 0 spiro atoms. The molecule has 27 heavy (non-hydrogen) atoms. The van der Waals surface area contributed by atoms with Crippen LogP contribution in [0.2, 0.25) is 0 Å². The Morgan fingerprint density at radius 3 is 2.56 bits per heavy atom. The van der Waals surface area contributed by atoms with Gasteiger partial charge >= 0.3 is 0 Å². The number of ether oxygens (including phenoxy) is 1. The second kappa shape index (κ2) is 9.84. The zero-order valence-electron chi connectivity index (χ0n) is 16.0. The van der Waals surface area contributed by atoms with Crippen molar-refractivity contribution in [1.82, 2.24) is 10.3 Å². The van der Waals surface area contributed by atoms with E-state index >= 15 is 0 Å². The fourth-order valence-corrected chi connectivity index (χ4v) is 2.48. The molecule has 1 aliphatic heterocycles. The summed E-state index contributed by atoms with van der Waals surface area (Å²) in [6, 6.07) is 9.46. The largest absolute Gasteiger partial charge is 0.380 e. The van der Waals surface area contributed by atoms with Gasteiger partial charge in [-0.3, -0.25) is 4.79 Å². The van der Waals surface area contributed by atoms with Gasteiger partial charge in [-0.1, -0.05) is 38.7 Å². The SMILES string of the molecule is CC.CC1(CCNC(=O)c2ccc(C#Cc3cccc(F)c3)cn2)COC1. The van der Waals surface area contributed by atoms with E-state index in [1.807, 2.05) is 13.8 Å². The monoisotopic (exact) mass is 368 g/mol. The third-order valence-corrected chi connectivity index (χ3v) is 4.09. The molecule has 1 aliphatic rings. The number of nitrogens with zero attached hydrogens (tertiary/aromatic N) is 1. The van der Waals surface area contributed by atoms with Gasteiger partial charge in [0.25, 0.3) is 5.91 Å². The van der Waals surface area contributed by atoms with E-state index in [1.54, 1.807) is 30.5 Å². The Labute approximate surface area is 160 Å². The summed E-state index contributed by atoms with van der Waals surface area (Å²) in [5.74, 6) is 5.26. The molecule has 1 saturated heterocycles. The number of benzene rings is 1. The van der Waals surface area contributed by atoms with Crippen LogP contribution in [0.4, 0.5) is 4.39 Å². The molecule has 4 nitrogen and oxygen atoms in total. The average molecular weight is 368 g/mol. The van der Waals surface area contributed by atoms with Crippen LogP contribution in [0.3, 0.4) is 0 Å². The minimum absolute atomic E-state index is 0.178. The van der Waals surface area contributed by atoms with Crippen molar-refractivity contribution in [1.29, 1.82) is 0 Å². The molecule has 3 rings (SSSR count). The van der Waals surface area contributed by atoms with Crippen LogP contribution in [-0.2, 0) is 4.74 Å². The molecule has 142 valence electrons. The van der Waals surface area contributed by atoms with E-state index in [2.05, 4.69) is 29.1 Å². The predicted molar refractivity (Wildman–Crippen MR) is 104 cm³/mol. The molecule has 0 radical (unpaired) electrons. The van der Waals surface area contributed by atoms with E-state index < -0.39 is 0 Å². The third-order valence-electron chi connectivity index (χ3n) is 4.09. The number of hydrogen-bond donors (Lipinski definition) is 1. The molecular formula is C22H25FN2O2. The minimum Gasteiger partial charge on any atom is -0.380 e. The molecule has 1 aromatic heterocycles. The van der Waals surface area contributed by atoms with Crippen LogP contribution in [0.15, 0.2) is 42.6 Å². The maximum Gasteiger partial charge on any atom is 0.269 e. The van der Waals surface area contributed by atoms with Gasteiger partial charge in [-0.2, -0.15) is 0 Å². The number of carbonyl (C=O) groups is 1. The van der Waals surface area contributed by atoms with E-state index in [9.17, 15) is 9.18 Å². The highest BCUT2D eigenvalue weighted by Crippen LogP contribution is 2.29. The summed E-state index contributed by atoms with van der Waals surface area (Å²) in [7, 11) is 0. The second-order valence-electron chi connectivity index (χ2n) is 6.50. The lowest BCUT2D eigenvalue weighted by molar-refractivity contribution is -0.104. The van der Waals surface area contributed by atoms with Crippen LogP contribution < -0.4 is 5.32 Å². The van der Waals surface area contributed by atoms with Gasteiger partial charge in [-0.05, 0) is 36.8 Å². The smallest absolute Gasteiger partial charge is 0.269 e. The van der Waals surface area contributed by atoms with Gasteiger partial charge in [0.2, 0.25) is 0 Å². The van der Waals surface area contributed by atoms with Crippen molar-refractivity contribution in [3.8, 4) is 11.8 Å². The first-order valence-electron chi connectivity index (χ1n) is 9.14. The highest BCUT2D eigenvalue weighted by molar-refractivity contribution is 5.92. The van der Waals surface area contributed by atoms with Crippen molar-refractivity contribution in [3.63, 3.8) is 0 Å². The number of nitrogens with one attached hydrogen (secondary N) is 1. The van der Waals surface area contributed by atoms with E-state index in [0.717, 1.165) is 19.6 Å². The van der Waals surface area contributed by atoms with E-state index in [0.29, 0.717) is 23.4 Å². The minimum atomic E-state index is -0.320. The molecule has 1 amide bonds. The molecule has 0 unspecified atom stereocenters. The van der Waals surface area contributed by atoms with Gasteiger partial charge in [0.15, 0.2) is 0 Å². The number of amides is 1. The fourth-order valence-electron chi connectivity index (χ4n) is 2.48. The molecule has 0 bridgehead atoms. The number of rotatable bonds is 4. The highest BCUT2D eigenvalue weighted by atomic mass is 19.1. The third kappa shape index (κ3) is 6.19. The lowest BCUT2D eigenvalue weighted by Crippen LogP contribution is -2.42. The lowest BCUT2D eigenvalue weighted by atomic mass is 9.85. The molecule has 0 aliphatic carbocycles. The number of halogens is 1. The molecular weight excluding hydrogens is 343 g/mol. The van der Waals surface area contributed by atoms with E-state index in [4.69, 9.17) is 4.74 Å². The van der Waals surface area contributed by atoms with Gasteiger partial charge in [0, 0.05) is 29.3 Å². The summed E-state index contributed by atoms with van der Waals surface area (Å²) >= 11 is 0. The van der Waals surface area contributed by atoms with Crippen LogP contribution >= 0.6 is 0 Å². The maximum absolute atomic E-state index is 13.1. The molecule has 2 aromatic rings. The normalized spacial score (nSPS) is 13.9. The summed E-state index contributed by atoms with van der Waals surface area (Å²) in [6.45, 7) is 8.24. The average Bonchev–Trinajstić information content (AvgIpc) is 2.67. The summed E-state index contributed by atoms with van der Waals surface area (Å²) in [5, 5.41) is 2.87. The zero-order valence-corrected chi connectivity index (χ0v) is 16.0. The van der Waals surface area contributed by atoms with Crippen LogP contribution in [0, 0.1) is 23.1 Å². The van der Waals surface area contributed by atoms with Crippen molar-refractivity contribution in [2.75, 3.05) is 19.8 Å². The van der Waals surface area contributed by atoms with Crippen molar-refractivity contribution in [2.24, 2.45) is 5.41 Å². The number of aromatic nitrogens is 1. The van der Waals surface area contributed by atoms with Crippen molar-refractivity contribution >= 4 is 5.91 Å². The van der Waals surface area contributed by atoms with Gasteiger partial charge in [-0.25, -0.2) is 9.37 Å². The molecule has 1 aromatic carbocycles. The van der Waals surface area contributed by atoms with E-state index in [-0.39, 0.29) is 17.1 Å². The number of pyridine rings is 1. The van der Waals surface area contributed by atoms with Crippen LogP contribution in [0.25, 0.3) is 0 Å². The van der Waals surface area contributed by atoms with Gasteiger partial charge < -0.3 is 10.1 Å². The topological polar surface area (TPSA) is 51.2 Å². The molecule has 1 fully saturated rings. The van der Waals surface area contributed by atoms with Crippen molar-refractivity contribution < 1.29 is 13.9 Å². The first-order valence-corrected chi connectivity index (χ1v) is 9.14. The molecule has 2 heterocycles. The van der Waals surface area contributed by atoms with Crippen LogP contribution in [0.5, 0.6) is 0 Å². The molecule has 0 atom stereocenters. The summed E-state index contributed by atoms with van der Waals surface area (Å²) in [4.78, 5) is 16.2. The summed E-state index contributed by atoms with van der Waals surface area (Å²) in [6.07, 6.45) is 2.43. The predicted octanol–water partition coefficient (Wildman–Crippen LogP) is 3.80. The Hall–Kier alpha value is -2.71. The van der Waals surface area contributed by atoms with Crippen molar-refractivity contribution in [3.05, 3.63) is 65.2 Å². The van der Waals surface area contributed by atoms with Crippen molar-refractivity contribution in [2.45, 2.75) is 27.2 Å². The first-order chi connectivity index (χ1) is 13.0. The van der Waals surface area contributed by atoms with E-state index in [1.165, 1.54) is 12.1 Å². The fraction of sp³-hybridized carbons (Fsp3) is 0.364. The number of hydrogen-bond acceptors (Lipinski definition) is 3. The molecule has 0 saturated carbocycles. The van der Waals surface area contributed by atoms with Gasteiger partial charge in [-0.15, -0.1) is 0 Å². The Balaban J connectivity index is 0.00000126. The zero-order chi connectivity index (χ0) is 19.7. The standard InChI is InChI=1S/C20H19FN2O2.C2H6/c1-20(13-25-14-20)9-10-22-19(24)18-8-7-16(12-23-18)6-5-15-3-2-4-17(21)11-15;1-2/h2-4,7-8,11-12H,9-10,13-14H2,1H3,(H,22,24);1-2H3. The Bertz CT molecular complexity index is 818.